The molecular weight excluding hydrogens is 334 g/mol. The maximum Gasteiger partial charge on any atom is 0.338 e. The van der Waals surface area contributed by atoms with Crippen molar-refractivity contribution in [2.24, 2.45) is 0 Å². The predicted octanol–water partition coefficient (Wildman–Crippen LogP) is 1.61. The fraction of sp³-hybridized carbons (Fsp3) is 0.500. The van der Waals surface area contributed by atoms with Gasteiger partial charge in [-0.25, -0.2) is 17.5 Å². The van der Waals surface area contributed by atoms with E-state index in [4.69, 9.17) is 9.47 Å². The van der Waals surface area contributed by atoms with Crippen LogP contribution in [0.15, 0.2) is 23.1 Å². The number of carbonyl (C=O) groups is 2. The third kappa shape index (κ3) is 3.76. The Labute approximate surface area is 141 Å². The Balaban J connectivity index is 2.31. The number of benzene rings is 1. The fourth-order valence-electron chi connectivity index (χ4n) is 2.47. The number of sulfonamides is 1. The quantitative estimate of drug-likeness (QED) is 0.746. The van der Waals surface area contributed by atoms with E-state index in [0.717, 1.165) is 17.1 Å². The molecule has 24 heavy (non-hydrogen) atoms. The van der Waals surface area contributed by atoms with E-state index >= 15 is 0 Å². The van der Waals surface area contributed by atoms with Crippen molar-refractivity contribution < 1.29 is 27.5 Å². The van der Waals surface area contributed by atoms with Crippen molar-refractivity contribution in [3.05, 3.63) is 23.8 Å². The van der Waals surface area contributed by atoms with Gasteiger partial charge in [-0.2, -0.15) is 0 Å². The summed E-state index contributed by atoms with van der Waals surface area (Å²) in [5.41, 5.74) is 0.0644. The molecule has 0 aliphatic heterocycles. The third-order valence-electron chi connectivity index (χ3n) is 3.91. The van der Waals surface area contributed by atoms with Gasteiger partial charge in [-0.05, 0) is 37.5 Å². The summed E-state index contributed by atoms with van der Waals surface area (Å²) < 4.78 is 36.1. The molecule has 0 aromatic heterocycles. The van der Waals surface area contributed by atoms with Crippen LogP contribution in [0.4, 0.5) is 0 Å². The van der Waals surface area contributed by atoms with Gasteiger partial charge in [-0.15, -0.1) is 0 Å². The Kier molecular flexibility index (Phi) is 5.61. The first-order valence-electron chi connectivity index (χ1n) is 7.61. The average Bonchev–Trinajstić information content (AvgIpc) is 2.56. The van der Waals surface area contributed by atoms with Crippen LogP contribution >= 0.6 is 0 Å². The third-order valence-corrected chi connectivity index (χ3v) is 5.74. The van der Waals surface area contributed by atoms with E-state index in [1.807, 2.05) is 0 Å². The minimum Gasteiger partial charge on any atom is -0.495 e. The van der Waals surface area contributed by atoms with Gasteiger partial charge in [0.05, 0.1) is 12.7 Å². The number of nitrogens with zero attached hydrogens (tertiary/aromatic N) is 1. The zero-order valence-electron chi connectivity index (χ0n) is 13.9. The number of hydrogen-bond donors (Lipinski definition) is 0. The van der Waals surface area contributed by atoms with Gasteiger partial charge < -0.3 is 9.47 Å². The van der Waals surface area contributed by atoms with Gasteiger partial charge in [-0.1, -0.05) is 0 Å². The van der Waals surface area contributed by atoms with Crippen molar-refractivity contribution in [3.63, 3.8) is 0 Å². The molecule has 0 spiro atoms. The van der Waals surface area contributed by atoms with Gasteiger partial charge in [0.25, 0.3) is 0 Å². The van der Waals surface area contributed by atoms with E-state index in [1.54, 1.807) is 0 Å². The molecule has 1 unspecified atom stereocenters. The molecule has 132 valence electrons. The molecule has 0 radical (unpaired) electrons. The minimum atomic E-state index is -3.79. The number of hydrogen-bond acceptors (Lipinski definition) is 6. The first kappa shape index (κ1) is 18.4. The lowest BCUT2D eigenvalue weighted by atomic mass is 9.96. The van der Waals surface area contributed by atoms with Gasteiger partial charge in [0.2, 0.25) is 10.0 Å². The molecular formula is C16H21NO6S. The van der Waals surface area contributed by atoms with E-state index in [1.165, 1.54) is 39.4 Å². The standard InChI is InChI=1S/C16H21NO6S/c1-17(2)24(20,21)15-10-11(8-9-14(15)22-3)16(19)23-13-7-5-4-6-12(13)18/h8-10,13H,4-7H2,1-3H3. The van der Waals surface area contributed by atoms with Crippen molar-refractivity contribution in [3.8, 4) is 5.75 Å². The van der Waals surface area contributed by atoms with Gasteiger partial charge in [0, 0.05) is 20.5 Å². The van der Waals surface area contributed by atoms with Crippen LogP contribution in [-0.4, -0.2) is 51.8 Å². The highest BCUT2D eigenvalue weighted by Gasteiger charge is 2.28. The molecule has 1 aromatic rings. The zero-order chi connectivity index (χ0) is 17.9. The van der Waals surface area contributed by atoms with Crippen LogP contribution in [0.5, 0.6) is 5.75 Å². The zero-order valence-corrected chi connectivity index (χ0v) is 14.8. The molecule has 0 N–H and O–H groups in total. The number of methoxy groups -OCH3 is 1. The highest BCUT2D eigenvalue weighted by Crippen LogP contribution is 2.28. The average molecular weight is 355 g/mol. The molecule has 0 bridgehead atoms. The second kappa shape index (κ2) is 7.31. The van der Waals surface area contributed by atoms with Crippen molar-refractivity contribution in [2.45, 2.75) is 36.7 Å². The van der Waals surface area contributed by atoms with Gasteiger partial charge in [0.15, 0.2) is 11.9 Å². The van der Waals surface area contributed by atoms with E-state index < -0.39 is 22.1 Å². The highest BCUT2D eigenvalue weighted by atomic mass is 32.2. The van der Waals surface area contributed by atoms with Crippen molar-refractivity contribution in [2.75, 3.05) is 21.2 Å². The molecule has 1 saturated carbocycles. The normalized spacial score (nSPS) is 18.5. The summed E-state index contributed by atoms with van der Waals surface area (Å²) >= 11 is 0. The number of rotatable bonds is 5. The first-order valence-corrected chi connectivity index (χ1v) is 9.05. The molecule has 2 rings (SSSR count). The monoisotopic (exact) mass is 355 g/mol. The van der Waals surface area contributed by atoms with Crippen LogP contribution in [-0.2, 0) is 19.6 Å². The van der Waals surface area contributed by atoms with E-state index in [9.17, 15) is 18.0 Å². The lowest BCUT2D eigenvalue weighted by molar-refractivity contribution is -0.129. The molecule has 1 aliphatic carbocycles. The molecule has 1 aromatic carbocycles. The minimum absolute atomic E-state index is 0.0644. The summed E-state index contributed by atoms with van der Waals surface area (Å²) in [6.07, 6.45) is 1.79. The number of ketones is 1. The number of esters is 1. The Morgan fingerprint density at radius 2 is 1.96 bits per heavy atom. The number of carbonyl (C=O) groups excluding carboxylic acids is 2. The van der Waals surface area contributed by atoms with E-state index in [-0.39, 0.29) is 22.0 Å². The Hall–Kier alpha value is -1.93. The molecule has 0 saturated heterocycles. The van der Waals surface area contributed by atoms with Gasteiger partial charge >= 0.3 is 5.97 Å². The van der Waals surface area contributed by atoms with Crippen LogP contribution in [0.25, 0.3) is 0 Å². The Morgan fingerprint density at radius 3 is 2.54 bits per heavy atom. The molecule has 1 aliphatic rings. The maximum atomic E-state index is 12.4. The first-order chi connectivity index (χ1) is 11.3. The van der Waals surface area contributed by atoms with Crippen molar-refractivity contribution in [1.29, 1.82) is 0 Å². The molecule has 1 atom stereocenters. The number of ether oxygens (including phenoxy) is 2. The van der Waals surface area contributed by atoms with Gasteiger partial charge in [0.1, 0.15) is 10.6 Å². The van der Waals surface area contributed by atoms with Crippen LogP contribution in [0.3, 0.4) is 0 Å². The predicted molar refractivity (Wildman–Crippen MR) is 86.5 cm³/mol. The second-order valence-electron chi connectivity index (χ2n) is 5.76. The van der Waals surface area contributed by atoms with E-state index in [0.29, 0.717) is 12.8 Å². The van der Waals surface area contributed by atoms with Crippen LogP contribution < -0.4 is 4.74 Å². The topological polar surface area (TPSA) is 90.0 Å². The lowest BCUT2D eigenvalue weighted by Crippen LogP contribution is -2.30. The lowest BCUT2D eigenvalue weighted by Gasteiger charge is -2.21. The van der Waals surface area contributed by atoms with E-state index in [2.05, 4.69) is 0 Å². The fourth-order valence-corrected chi connectivity index (χ4v) is 3.55. The summed E-state index contributed by atoms with van der Waals surface area (Å²) in [6.45, 7) is 0. The Bertz CT molecular complexity index is 741. The molecule has 8 heteroatoms. The summed E-state index contributed by atoms with van der Waals surface area (Å²) in [5.74, 6) is -0.675. The van der Waals surface area contributed by atoms with Crippen LogP contribution in [0.1, 0.15) is 36.0 Å². The SMILES string of the molecule is COc1ccc(C(=O)OC2CCCCC2=O)cc1S(=O)(=O)N(C)C. The van der Waals surface area contributed by atoms with Crippen molar-refractivity contribution in [1.82, 2.24) is 4.31 Å². The molecule has 1 fully saturated rings. The van der Waals surface area contributed by atoms with Crippen molar-refractivity contribution >= 4 is 21.8 Å². The molecule has 7 nitrogen and oxygen atoms in total. The molecule has 0 amide bonds. The second-order valence-corrected chi connectivity index (χ2v) is 7.88. The molecule has 0 heterocycles. The summed E-state index contributed by atoms with van der Waals surface area (Å²) in [7, 11) is 0.343. The summed E-state index contributed by atoms with van der Waals surface area (Å²) in [6, 6.07) is 4.03. The Morgan fingerprint density at radius 1 is 1.25 bits per heavy atom. The van der Waals surface area contributed by atoms with Gasteiger partial charge in [-0.3, -0.25) is 4.79 Å². The van der Waals surface area contributed by atoms with Crippen LogP contribution in [0.2, 0.25) is 0 Å². The maximum absolute atomic E-state index is 12.4. The smallest absolute Gasteiger partial charge is 0.338 e. The highest BCUT2D eigenvalue weighted by molar-refractivity contribution is 7.89. The van der Waals surface area contributed by atoms with Crippen LogP contribution in [0, 0.1) is 0 Å². The summed E-state index contributed by atoms with van der Waals surface area (Å²) in [4.78, 5) is 23.9. The number of Topliss-reactive ketones (excluding diaryl/α,β-unsaturated/α-hetero) is 1. The summed E-state index contributed by atoms with van der Waals surface area (Å²) in [5, 5.41) is 0. The largest absolute Gasteiger partial charge is 0.495 e.